The zero-order chi connectivity index (χ0) is 13.1. The van der Waals surface area contributed by atoms with Crippen molar-refractivity contribution in [3.05, 3.63) is 30.1 Å². The van der Waals surface area contributed by atoms with Gasteiger partial charge in [-0.05, 0) is 37.6 Å². The van der Waals surface area contributed by atoms with E-state index in [2.05, 4.69) is 22.6 Å². The van der Waals surface area contributed by atoms with Crippen LogP contribution in [0.4, 0.5) is 4.39 Å². The molecule has 0 aliphatic heterocycles. The van der Waals surface area contributed by atoms with Gasteiger partial charge in [0.15, 0.2) is 0 Å². The highest BCUT2D eigenvalue weighted by Crippen LogP contribution is 2.18. The van der Waals surface area contributed by atoms with Gasteiger partial charge in [0.25, 0.3) is 10.1 Å². The van der Waals surface area contributed by atoms with Crippen molar-refractivity contribution in [2.45, 2.75) is 35.2 Å². The third-order valence-electron chi connectivity index (χ3n) is 2.05. The number of halogens is 2. The second-order valence-electron chi connectivity index (χ2n) is 3.83. The second-order valence-corrected chi connectivity index (χ2v) is 7.53. The molecule has 0 N–H and O–H groups in total. The Balaban J connectivity index is 2.78. The smallest absolute Gasteiger partial charge is 0.263 e. The van der Waals surface area contributed by atoms with Crippen molar-refractivity contribution >= 4 is 32.7 Å². The molecule has 1 rings (SSSR count). The number of benzene rings is 1. The molecule has 1 aromatic carbocycles. The van der Waals surface area contributed by atoms with Gasteiger partial charge in [-0.2, -0.15) is 8.42 Å². The molecule has 0 spiro atoms. The maximum absolute atomic E-state index is 12.7. The Labute approximate surface area is 115 Å². The first-order valence-electron chi connectivity index (χ1n) is 5.14. The topological polar surface area (TPSA) is 43.4 Å². The molecule has 96 valence electrons. The van der Waals surface area contributed by atoms with E-state index in [4.69, 9.17) is 4.18 Å². The van der Waals surface area contributed by atoms with Crippen LogP contribution in [-0.2, 0) is 14.3 Å². The van der Waals surface area contributed by atoms with Crippen LogP contribution in [0.2, 0.25) is 0 Å². The van der Waals surface area contributed by atoms with Gasteiger partial charge in [-0.3, -0.25) is 4.18 Å². The van der Waals surface area contributed by atoms with Gasteiger partial charge in [0.05, 0.1) is 11.0 Å². The standard InChI is InChI=1S/C11H14FIO3S/c1-8(13)7-9(2)16-17(14,15)11-5-3-10(12)4-6-11/h3-6,8-9H,7H2,1-2H3/t8-,9-/m1/s1. The van der Waals surface area contributed by atoms with Gasteiger partial charge < -0.3 is 0 Å². The Hall–Kier alpha value is -0.210. The van der Waals surface area contributed by atoms with E-state index in [-0.39, 0.29) is 4.90 Å². The van der Waals surface area contributed by atoms with E-state index < -0.39 is 22.0 Å². The predicted molar refractivity (Wildman–Crippen MR) is 72.2 cm³/mol. The van der Waals surface area contributed by atoms with E-state index in [1.807, 2.05) is 6.92 Å². The summed E-state index contributed by atoms with van der Waals surface area (Å²) in [6.07, 6.45) is 0.248. The van der Waals surface area contributed by atoms with Gasteiger partial charge >= 0.3 is 0 Å². The van der Waals surface area contributed by atoms with Crippen LogP contribution in [-0.4, -0.2) is 18.4 Å². The van der Waals surface area contributed by atoms with Crippen molar-refractivity contribution in [1.29, 1.82) is 0 Å². The Bertz CT molecular complexity index is 456. The van der Waals surface area contributed by atoms with Crippen molar-refractivity contribution in [3.63, 3.8) is 0 Å². The molecule has 0 bridgehead atoms. The van der Waals surface area contributed by atoms with Crippen LogP contribution in [0.5, 0.6) is 0 Å². The van der Waals surface area contributed by atoms with E-state index in [1.165, 1.54) is 12.1 Å². The summed E-state index contributed by atoms with van der Waals surface area (Å²) in [6, 6.07) is 4.60. The summed E-state index contributed by atoms with van der Waals surface area (Å²) in [4.78, 5) is -0.0214. The first-order valence-corrected chi connectivity index (χ1v) is 7.79. The van der Waals surface area contributed by atoms with Crippen LogP contribution >= 0.6 is 22.6 Å². The SMILES string of the molecule is C[C@H](C[C@@H](C)I)OS(=O)(=O)c1ccc(F)cc1. The molecular formula is C11H14FIO3S. The summed E-state index contributed by atoms with van der Waals surface area (Å²) in [6.45, 7) is 3.68. The Morgan fingerprint density at radius 3 is 2.29 bits per heavy atom. The van der Waals surface area contributed by atoms with Crippen molar-refractivity contribution < 1.29 is 17.0 Å². The van der Waals surface area contributed by atoms with Crippen LogP contribution in [0.25, 0.3) is 0 Å². The minimum absolute atomic E-state index is 0.0214. The lowest BCUT2D eigenvalue weighted by molar-refractivity contribution is 0.220. The lowest BCUT2D eigenvalue weighted by atomic mass is 10.2. The van der Waals surface area contributed by atoms with Gasteiger partial charge in [-0.1, -0.05) is 29.5 Å². The quantitative estimate of drug-likeness (QED) is 0.453. The van der Waals surface area contributed by atoms with Gasteiger partial charge in [0, 0.05) is 3.92 Å². The minimum Gasteiger partial charge on any atom is -0.263 e. The fraction of sp³-hybridized carbons (Fsp3) is 0.455. The van der Waals surface area contributed by atoms with Gasteiger partial charge in [-0.25, -0.2) is 4.39 Å². The van der Waals surface area contributed by atoms with Crippen LogP contribution in [0.15, 0.2) is 29.2 Å². The Morgan fingerprint density at radius 1 is 1.29 bits per heavy atom. The summed E-state index contributed by atoms with van der Waals surface area (Å²) in [5.41, 5.74) is 0. The highest BCUT2D eigenvalue weighted by Gasteiger charge is 2.19. The predicted octanol–water partition coefficient (Wildman–Crippen LogP) is 3.13. The number of hydrogen-bond acceptors (Lipinski definition) is 3. The fourth-order valence-electron chi connectivity index (χ4n) is 1.37. The Morgan fingerprint density at radius 2 is 1.82 bits per heavy atom. The lowest BCUT2D eigenvalue weighted by Crippen LogP contribution is -2.18. The molecule has 6 heteroatoms. The first kappa shape index (κ1) is 14.8. The molecule has 0 unspecified atom stereocenters. The fourth-order valence-corrected chi connectivity index (χ4v) is 3.18. The molecule has 0 heterocycles. The van der Waals surface area contributed by atoms with E-state index in [0.717, 1.165) is 12.1 Å². The normalized spacial score (nSPS) is 15.5. The number of alkyl halides is 1. The monoisotopic (exact) mass is 372 g/mol. The van der Waals surface area contributed by atoms with Crippen LogP contribution < -0.4 is 0 Å². The summed E-state index contributed by atoms with van der Waals surface area (Å²) in [5.74, 6) is -0.474. The average molecular weight is 372 g/mol. The van der Waals surface area contributed by atoms with Gasteiger partial charge in [0.2, 0.25) is 0 Å². The molecule has 0 saturated carbocycles. The van der Waals surface area contributed by atoms with Gasteiger partial charge in [-0.15, -0.1) is 0 Å². The molecule has 1 aromatic rings. The number of rotatable bonds is 5. The molecule has 0 radical (unpaired) electrons. The molecule has 0 aliphatic carbocycles. The molecule has 0 saturated heterocycles. The summed E-state index contributed by atoms with van der Waals surface area (Å²) in [7, 11) is -3.79. The summed E-state index contributed by atoms with van der Waals surface area (Å²) in [5, 5.41) is 0. The van der Waals surface area contributed by atoms with Crippen LogP contribution in [0, 0.1) is 5.82 Å². The molecular weight excluding hydrogens is 358 g/mol. The minimum atomic E-state index is -3.79. The van der Waals surface area contributed by atoms with Crippen molar-refractivity contribution in [3.8, 4) is 0 Å². The average Bonchev–Trinajstić information content (AvgIpc) is 2.15. The number of hydrogen-bond donors (Lipinski definition) is 0. The second kappa shape index (κ2) is 6.10. The van der Waals surface area contributed by atoms with Crippen LogP contribution in [0.1, 0.15) is 20.3 Å². The molecule has 0 amide bonds. The molecule has 2 atom stereocenters. The highest BCUT2D eigenvalue weighted by atomic mass is 127. The molecule has 0 aromatic heterocycles. The Kier molecular flexibility index (Phi) is 5.33. The first-order chi connectivity index (χ1) is 7.81. The largest absolute Gasteiger partial charge is 0.297 e. The van der Waals surface area contributed by atoms with E-state index >= 15 is 0 Å². The van der Waals surface area contributed by atoms with E-state index in [9.17, 15) is 12.8 Å². The van der Waals surface area contributed by atoms with E-state index in [0.29, 0.717) is 10.3 Å². The molecule has 17 heavy (non-hydrogen) atoms. The van der Waals surface area contributed by atoms with Crippen LogP contribution in [0.3, 0.4) is 0 Å². The summed E-state index contributed by atoms with van der Waals surface area (Å²) >= 11 is 2.20. The molecule has 0 aliphatic rings. The maximum Gasteiger partial charge on any atom is 0.297 e. The summed E-state index contributed by atoms with van der Waals surface area (Å²) < 4.78 is 41.6. The van der Waals surface area contributed by atoms with Crippen molar-refractivity contribution in [1.82, 2.24) is 0 Å². The zero-order valence-electron chi connectivity index (χ0n) is 9.56. The van der Waals surface area contributed by atoms with Crippen molar-refractivity contribution in [2.75, 3.05) is 0 Å². The third-order valence-corrected chi connectivity index (χ3v) is 3.99. The van der Waals surface area contributed by atoms with Crippen molar-refractivity contribution in [2.24, 2.45) is 0 Å². The van der Waals surface area contributed by atoms with E-state index in [1.54, 1.807) is 6.92 Å². The molecule has 0 fully saturated rings. The third kappa shape index (κ3) is 4.89. The van der Waals surface area contributed by atoms with Gasteiger partial charge in [0.1, 0.15) is 5.82 Å². The maximum atomic E-state index is 12.7. The zero-order valence-corrected chi connectivity index (χ0v) is 12.5. The highest BCUT2D eigenvalue weighted by molar-refractivity contribution is 14.1. The lowest BCUT2D eigenvalue weighted by Gasteiger charge is -2.14. The molecule has 3 nitrogen and oxygen atoms in total.